The lowest BCUT2D eigenvalue weighted by Gasteiger charge is -2.19. The molecular formula is C15H22N2O4. The van der Waals surface area contributed by atoms with Gasteiger partial charge in [0.05, 0.1) is 20.8 Å². The molecule has 1 unspecified atom stereocenters. The molecule has 1 atom stereocenters. The minimum atomic E-state index is -0.503. The van der Waals surface area contributed by atoms with Crippen molar-refractivity contribution < 1.29 is 19.1 Å². The van der Waals surface area contributed by atoms with Crippen LogP contribution < -0.4 is 15.4 Å². The molecule has 0 radical (unpaired) electrons. The van der Waals surface area contributed by atoms with Crippen LogP contribution in [0, 0.1) is 5.92 Å². The van der Waals surface area contributed by atoms with Gasteiger partial charge in [-0.1, -0.05) is 13.8 Å². The van der Waals surface area contributed by atoms with Crippen molar-refractivity contribution >= 4 is 17.6 Å². The first-order valence-corrected chi connectivity index (χ1v) is 6.73. The Labute approximate surface area is 124 Å². The second kappa shape index (κ2) is 8.26. The number of nitrogens with one attached hydrogen (secondary N) is 2. The molecule has 0 aromatic heterocycles. The summed E-state index contributed by atoms with van der Waals surface area (Å²) in [5.41, 5.74) is 0.668. The van der Waals surface area contributed by atoms with Crippen LogP contribution in [0.15, 0.2) is 24.3 Å². The van der Waals surface area contributed by atoms with Crippen LogP contribution in [0.2, 0.25) is 0 Å². The van der Waals surface area contributed by atoms with Crippen molar-refractivity contribution in [2.24, 2.45) is 5.92 Å². The van der Waals surface area contributed by atoms with Crippen molar-refractivity contribution in [3.8, 4) is 5.75 Å². The van der Waals surface area contributed by atoms with Crippen molar-refractivity contribution in [2.75, 3.05) is 26.1 Å². The molecule has 0 spiro atoms. The smallest absolute Gasteiger partial charge is 0.323 e. The monoisotopic (exact) mass is 294 g/mol. The number of carbonyl (C=O) groups excluding carboxylic acids is 2. The van der Waals surface area contributed by atoms with E-state index in [0.29, 0.717) is 5.69 Å². The topological polar surface area (TPSA) is 76.7 Å². The Balaban J connectivity index is 2.50. The molecule has 0 aliphatic rings. The number of ether oxygens (including phenoxy) is 2. The molecule has 6 heteroatoms. The lowest BCUT2D eigenvalue weighted by Crippen LogP contribution is -2.45. The molecule has 0 bridgehead atoms. The highest BCUT2D eigenvalue weighted by Crippen LogP contribution is 2.14. The Morgan fingerprint density at radius 3 is 2.24 bits per heavy atom. The van der Waals surface area contributed by atoms with Gasteiger partial charge in [-0.25, -0.2) is 0 Å². The molecule has 0 saturated heterocycles. The molecule has 0 aliphatic heterocycles. The summed E-state index contributed by atoms with van der Waals surface area (Å²) in [6, 6.07) is 6.51. The molecule has 1 aromatic carbocycles. The van der Waals surface area contributed by atoms with Gasteiger partial charge in [0, 0.05) is 5.69 Å². The molecule has 21 heavy (non-hydrogen) atoms. The van der Waals surface area contributed by atoms with Crippen molar-refractivity contribution in [3.05, 3.63) is 24.3 Å². The van der Waals surface area contributed by atoms with Gasteiger partial charge in [-0.05, 0) is 30.2 Å². The number of rotatable bonds is 7. The zero-order valence-electron chi connectivity index (χ0n) is 12.8. The Hall–Kier alpha value is -2.08. The molecule has 2 N–H and O–H groups in total. The summed E-state index contributed by atoms with van der Waals surface area (Å²) in [5, 5.41) is 5.64. The van der Waals surface area contributed by atoms with Crippen molar-refractivity contribution in [1.29, 1.82) is 0 Å². The number of esters is 1. The van der Waals surface area contributed by atoms with Crippen LogP contribution in [0.5, 0.6) is 5.75 Å². The van der Waals surface area contributed by atoms with Gasteiger partial charge in [-0.2, -0.15) is 0 Å². The molecule has 0 saturated carbocycles. The zero-order chi connectivity index (χ0) is 15.8. The molecule has 1 amide bonds. The van der Waals surface area contributed by atoms with Crippen molar-refractivity contribution in [1.82, 2.24) is 5.32 Å². The highest BCUT2D eigenvalue weighted by Gasteiger charge is 2.22. The quantitative estimate of drug-likeness (QED) is 0.744. The number of carbonyl (C=O) groups is 2. The first kappa shape index (κ1) is 17.0. The SMILES string of the molecule is COC(=O)C(NCC(=O)Nc1ccc(OC)cc1)C(C)C. The second-order valence-electron chi connectivity index (χ2n) is 4.90. The Morgan fingerprint density at radius 2 is 1.76 bits per heavy atom. The average molecular weight is 294 g/mol. The van der Waals surface area contributed by atoms with Gasteiger partial charge in [0.15, 0.2) is 0 Å². The average Bonchev–Trinajstić information content (AvgIpc) is 2.47. The van der Waals surface area contributed by atoms with Gasteiger partial charge in [-0.15, -0.1) is 0 Å². The van der Waals surface area contributed by atoms with Crippen LogP contribution in [-0.4, -0.2) is 38.7 Å². The third-order valence-electron chi connectivity index (χ3n) is 2.98. The number of amides is 1. The molecule has 0 aliphatic carbocycles. The van der Waals surface area contributed by atoms with Crippen molar-refractivity contribution in [2.45, 2.75) is 19.9 Å². The van der Waals surface area contributed by atoms with Crippen LogP contribution in [-0.2, 0) is 14.3 Å². The summed E-state index contributed by atoms with van der Waals surface area (Å²) in [6.45, 7) is 3.80. The van der Waals surface area contributed by atoms with E-state index < -0.39 is 6.04 Å². The predicted molar refractivity (Wildman–Crippen MR) is 80.3 cm³/mol. The molecular weight excluding hydrogens is 272 g/mol. The lowest BCUT2D eigenvalue weighted by atomic mass is 10.0. The van der Waals surface area contributed by atoms with E-state index in [1.807, 2.05) is 13.8 Å². The Kier molecular flexibility index (Phi) is 6.68. The van der Waals surface area contributed by atoms with Gasteiger partial charge in [0.25, 0.3) is 0 Å². The number of hydrogen-bond acceptors (Lipinski definition) is 5. The van der Waals surface area contributed by atoms with E-state index in [2.05, 4.69) is 10.6 Å². The fourth-order valence-electron chi connectivity index (χ4n) is 1.80. The van der Waals surface area contributed by atoms with Crippen LogP contribution in [0.3, 0.4) is 0 Å². The Bertz CT molecular complexity index is 471. The lowest BCUT2D eigenvalue weighted by molar-refractivity contribution is -0.144. The van der Waals surface area contributed by atoms with Crippen LogP contribution in [0.25, 0.3) is 0 Å². The normalized spacial score (nSPS) is 11.9. The molecule has 1 rings (SSSR count). The van der Waals surface area contributed by atoms with Crippen LogP contribution in [0.1, 0.15) is 13.8 Å². The minimum Gasteiger partial charge on any atom is -0.497 e. The third-order valence-corrected chi connectivity index (χ3v) is 2.98. The first-order chi connectivity index (χ1) is 9.97. The highest BCUT2D eigenvalue weighted by molar-refractivity contribution is 5.92. The number of anilines is 1. The second-order valence-corrected chi connectivity index (χ2v) is 4.90. The number of benzene rings is 1. The Morgan fingerprint density at radius 1 is 1.14 bits per heavy atom. The fraction of sp³-hybridized carbons (Fsp3) is 0.467. The summed E-state index contributed by atoms with van der Waals surface area (Å²) in [5.74, 6) is 0.153. The third kappa shape index (κ3) is 5.43. The predicted octanol–water partition coefficient (Wildman–Crippen LogP) is 1.42. The van der Waals surface area contributed by atoms with Gasteiger partial charge in [0.1, 0.15) is 11.8 Å². The van der Waals surface area contributed by atoms with Crippen LogP contribution >= 0.6 is 0 Å². The van der Waals surface area contributed by atoms with E-state index >= 15 is 0 Å². The van der Waals surface area contributed by atoms with Gasteiger partial charge >= 0.3 is 5.97 Å². The summed E-state index contributed by atoms with van der Waals surface area (Å²) < 4.78 is 9.74. The van der Waals surface area contributed by atoms with Crippen molar-refractivity contribution in [3.63, 3.8) is 0 Å². The summed E-state index contributed by atoms with van der Waals surface area (Å²) in [6.07, 6.45) is 0. The van der Waals surface area contributed by atoms with E-state index in [1.165, 1.54) is 7.11 Å². The molecule has 6 nitrogen and oxygen atoms in total. The van der Waals surface area contributed by atoms with E-state index in [0.717, 1.165) is 5.75 Å². The maximum Gasteiger partial charge on any atom is 0.323 e. The summed E-state index contributed by atoms with van der Waals surface area (Å²) in [7, 11) is 2.91. The van der Waals surface area contributed by atoms with E-state index in [1.54, 1.807) is 31.4 Å². The maximum atomic E-state index is 11.8. The largest absolute Gasteiger partial charge is 0.497 e. The van der Waals surface area contributed by atoms with Gasteiger partial charge in [-0.3, -0.25) is 14.9 Å². The van der Waals surface area contributed by atoms with Crippen LogP contribution in [0.4, 0.5) is 5.69 Å². The standard InChI is InChI=1S/C15H22N2O4/c1-10(2)14(15(19)21-4)16-9-13(18)17-11-5-7-12(20-3)8-6-11/h5-8,10,14,16H,9H2,1-4H3,(H,17,18). The van der Waals surface area contributed by atoms with E-state index in [9.17, 15) is 9.59 Å². The van der Waals surface area contributed by atoms with E-state index in [-0.39, 0.29) is 24.3 Å². The summed E-state index contributed by atoms with van der Waals surface area (Å²) >= 11 is 0. The summed E-state index contributed by atoms with van der Waals surface area (Å²) in [4.78, 5) is 23.4. The molecule has 1 aromatic rings. The van der Waals surface area contributed by atoms with Gasteiger partial charge < -0.3 is 14.8 Å². The van der Waals surface area contributed by atoms with Gasteiger partial charge in [0.2, 0.25) is 5.91 Å². The minimum absolute atomic E-state index is 0.0317. The van der Waals surface area contributed by atoms with E-state index in [4.69, 9.17) is 9.47 Å². The number of hydrogen-bond donors (Lipinski definition) is 2. The molecule has 0 fully saturated rings. The first-order valence-electron chi connectivity index (χ1n) is 6.73. The highest BCUT2D eigenvalue weighted by atomic mass is 16.5. The zero-order valence-corrected chi connectivity index (χ0v) is 12.8. The number of methoxy groups -OCH3 is 2. The molecule has 0 heterocycles. The fourth-order valence-corrected chi connectivity index (χ4v) is 1.80. The molecule has 116 valence electrons. The maximum absolute atomic E-state index is 11.8.